The zero-order chi connectivity index (χ0) is 32.1. The Morgan fingerprint density at radius 2 is 1.61 bits per heavy atom. The number of benzene rings is 2. The third-order valence-corrected chi connectivity index (χ3v) is 9.92. The van der Waals surface area contributed by atoms with Crippen LogP contribution in [0.3, 0.4) is 0 Å². The van der Waals surface area contributed by atoms with E-state index in [9.17, 15) is 14.0 Å². The molecule has 0 aliphatic carbocycles. The molecule has 46 heavy (non-hydrogen) atoms. The SMILES string of the molecule is C=C(F)C(=O)N1CCN(c2nc(Oc3cccc4c3CCN(C)C4)nc3c2CCN3C(C)c2cccc3c2N(C)C(=O)CC3)CC1. The minimum absolute atomic E-state index is 0.0646. The van der Waals surface area contributed by atoms with Crippen LogP contribution in [0.5, 0.6) is 11.8 Å². The fraction of sp³-hybridized carbons (Fsp3) is 0.429. The van der Waals surface area contributed by atoms with Crippen LogP contribution in [0.15, 0.2) is 48.8 Å². The number of rotatable bonds is 6. The fourth-order valence-corrected chi connectivity index (χ4v) is 7.39. The highest BCUT2D eigenvalue weighted by atomic mass is 19.1. The van der Waals surface area contributed by atoms with Gasteiger partial charge in [0, 0.05) is 70.4 Å². The van der Waals surface area contributed by atoms with E-state index in [1.165, 1.54) is 21.6 Å². The molecular weight excluding hydrogens is 585 g/mol. The highest BCUT2D eigenvalue weighted by Crippen LogP contribution is 2.43. The number of fused-ring (bicyclic) bond motifs is 3. The minimum Gasteiger partial charge on any atom is -0.424 e. The van der Waals surface area contributed by atoms with Crippen molar-refractivity contribution in [1.82, 2.24) is 19.8 Å². The van der Waals surface area contributed by atoms with Gasteiger partial charge in [-0.1, -0.05) is 36.9 Å². The van der Waals surface area contributed by atoms with E-state index in [0.717, 1.165) is 73.1 Å². The van der Waals surface area contributed by atoms with Gasteiger partial charge in [-0.3, -0.25) is 9.59 Å². The highest BCUT2D eigenvalue weighted by molar-refractivity contribution is 5.97. The summed E-state index contributed by atoms with van der Waals surface area (Å²) in [5, 5.41) is 0. The van der Waals surface area contributed by atoms with Gasteiger partial charge in [0.15, 0.2) is 5.83 Å². The first-order valence-electron chi connectivity index (χ1n) is 16.1. The van der Waals surface area contributed by atoms with Crippen molar-refractivity contribution in [2.24, 2.45) is 0 Å². The molecule has 240 valence electrons. The third-order valence-electron chi connectivity index (χ3n) is 9.92. The number of aromatic nitrogens is 2. The summed E-state index contributed by atoms with van der Waals surface area (Å²) in [6.07, 6.45) is 2.88. The second-order valence-corrected chi connectivity index (χ2v) is 12.7. The van der Waals surface area contributed by atoms with Crippen LogP contribution in [0.4, 0.5) is 21.7 Å². The van der Waals surface area contributed by atoms with Gasteiger partial charge in [0.25, 0.3) is 5.91 Å². The molecule has 4 aliphatic heterocycles. The minimum atomic E-state index is -0.940. The van der Waals surface area contributed by atoms with Gasteiger partial charge in [0.2, 0.25) is 5.91 Å². The molecule has 10 nitrogen and oxygen atoms in total. The van der Waals surface area contributed by atoms with Crippen LogP contribution in [0, 0.1) is 0 Å². The second kappa shape index (κ2) is 12.0. The van der Waals surface area contributed by atoms with Gasteiger partial charge in [0.1, 0.15) is 17.4 Å². The maximum Gasteiger partial charge on any atom is 0.325 e. The molecule has 2 amide bonds. The summed E-state index contributed by atoms with van der Waals surface area (Å²) >= 11 is 0. The molecular formula is C35H40FN7O3. The molecule has 4 aliphatic rings. The Morgan fingerprint density at radius 3 is 2.39 bits per heavy atom. The quantitative estimate of drug-likeness (QED) is 0.373. The second-order valence-electron chi connectivity index (χ2n) is 12.7. The molecule has 7 rings (SSSR count). The van der Waals surface area contributed by atoms with Crippen molar-refractivity contribution >= 4 is 29.1 Å². The van der Waals surface area contributed by atoms with Crippen molar-refractivity contribution in [3.8, 4) is 11.8 Å². The molecule has 1 saturated heterocycles. The zero-order valence-electron chi connectivity index (χ0n) is 26.8. The monoisotopic (exact) mass is 625 g/mol. The average molecular weight is 626 g/mol. The van der Waals surface area contributed by atoms with Gasteiger partial charge in [-0.25, -0.2) is 4.39 Å². The summed E-state index contributed by atoms with van der Waals surface area (Å²) in [6.45, 7) is 9.64. The number of amides is 2. The molecule has 1 atom stereocenters. The van der Waals surface area contributed by atoms with Crippen molar-refractivity contribution in [2.75, 3.05) is 68.1 Å². The van der Waals surface area contributed by atoms with Crippen LogP contribution in [0.2, 0.25) is 0 Å². The predicted octanol–water partition coefficient (Wildman–Crippen LogP) is 4.42. The first-order valence-corrected chi connectivity index (χ1v) is 16.1. The average Bonchev–Trinajstić information content (AvgIpc) is 3.49. The molecule has 0 saturated carbocycles. The van der Waals surface area contributed by atoms with Gasteiger partial charge < -0.3 is 29.2 Å². The van der Waals surface area contributed by atoms with E-state index in [0.29, 0.717) is 32.6 Å². The van der Waals surface area contributed by atoms with E-state index in [4.69, 9.17) is 14.7 Å². The lowest BCUT2D eigenvalue weighted by Gasteiger charge is -2.36. The Kier molecular flexibility index (Phi) is 7.88. The van der Waals surface area contributed by atoms with Crippen LogP contribution < -0.4 is 19.4 Å². The first-order chi connectivity index (χ1) is 22.2. The summed E-state index contributed by atoms with van der Waals surface area (Å²) < 4.78 is 20.2. The van der Waals surface area contributed by atoms with E-state index < -0.39 is 11.7 Å². The number of piperazine rings is 1. The number of halogens is 1. The van der Waals surface area contributed by atoms with Gasteiger partial charge in [-0.05, 0) is 56.0 Å². The lowest BCUT2D eigenvalue weighted by atomic mass is 9.94. The Morgan fingerprint density at radius 1 is 0.891 bits per heavy atom. The highest BCUT2D eigenvalue weighted by Gasteiger charge is 2.35. The normalized spacial score (nSPS) is 18.7. The molecule has 0 bridgehead atoms. The topological polar surface area (TPSA) is 85.3 Å². The largest absolute Gasteiger partial charge is 0.424 e. The molecule has 0 radical (unpaired) electrons. The Bertz CT molecular complexity index is 1720. The Hall–Kier alpha value is -4.51. The van der Waals surface area contributed by atoms with E-state index in [2.05, 4.69) is 59.5 Å². The van der Waals surface area contributed by atoms with E-state index >= 15 is 0 Å². The number of likely N-dealkylation sites (N-methyl/N-ethyl adjacent to an activating group) is 1. The molecule has 1 aromatic heterocycles. The van der Waals surface area contributed by atoms with Crippen LogP contribution >= 0.6 is 0 Å². The predicted molar refractivity (Wildman–Crippen MR) is 175 cm³/mol. The molecule has 11 heteroatoms. The molecule has 0 N–H and O–H groups in total. The number of ether oxygens (including phenoxy) is 1. The van der Waals surface area contributed by atoms with E-state index in [1.807, 2.05) is 19.2 Å². The number of carbonyl (C=O) groups is 2. The maximum absolute atomic E-state index is 13.6. The number of hydrogen-bond acceptors (Lipinski definition) is 8. The lowest BCUT2D eigenvalue weighted by molar-refractivity contribution is -0.129. The smallest absolute Gasteiger partial charge is 0.325 e. The maximum atomic E-state index is 13.6. The number of aryl methyl sites for hydroxylation is 1. The van der Waals surface area contributed by atoms with Crippen molar-refractivity contribution in [3.05, 3.63) is 76.6 Å². The van der Waals surface area contributed by atoms with Gasteiger partial charge >= 0.3 is 6.01 Å². The number of hydrogen-bond donors (Lipinski definition) is 0. The first kappa shape index (κ1) is 30.2. The van der Waals surface area contributed by atoms with Gasteiger partial charge in [0.05, 0.1) is 11.7 Å². The lowest BCUT2D eigenvalue weighted by Crippen LogP contribution is -2.49. The Balaban J connectivity index is 1.26. The summed E-state index contributed by atoms with van der Waals surface area (Å²) in [6, 6.07) is 12.7. The zero-order valence-corrected chi connectivity index (χ0v) is 26.8. The van der Waals surface area contributed by atoms with Gasteiger partial charge in [-0.2, -0.15) is 9.97 Å². The number of para-hydroxylation sites is 1. The van der Waals surface area contributed by atoms with Crippen molar-refractivity contribution in [3.63, 3.8) is 0 Å². The van der Waals surface area contributed by atoms with Crippen molar-refractivity contribution in [1.29, 1.82) is 0 Å². The molecule has 0 spiro atoms. The molecule has 3 aromatic rings. The van der Waals surface area contributed by atoms with Crippen LogP contribution in [0.25, 0.3) is 0 Å². The molecule has 5 heterocycles. The standard InChI is InChI=1S/C35H40FN7O3/c1-22(36)34(45)42-19-17-41(18-20-42)32-28-14-16-43(23(2)26-9-5-7-24-11-12-30(44)40(4)31(24)26)33(28)38-35(37-32)46-29-10-6-8-25-21-39(3)15-13-27(25)29/h5-10,23H,1,11-21H2,2-4H3. The summed E-state index contributed by atoms with van der Waals surface area (Å²) in [5.41, 5.74) is 6.70. The number of carbonyl (C=O) groups excluding carboxylic acids is 2. The summed E-state index contributed by atoms with van der Waals surface area (Å²) in [4.78, 5) is 45.1. The number of nitrogens with zero attached hydrogens (tertiary/aromatic N) is 7. The number of anilines is 3. The van der Waals surface area contributed by atoms with Crippen LogP contribution in [-0.4, -0.2) is 84.9 Å². The van der Waals surface area contributed by atoms with Crippen molar-refractivity contribution in [2.45, 2.75) is 45.2 Å². The van der Waals surface area contributed by atoms with Crippen LogP contribution in [-0.2, 0) is 35.4 Å². The molecule has 2 aromatic carbocycles. The fourth-order valence-electron chi connectivity index (χ4n) is 7.39. The summed E-state index contributed by atoms with van der Waals surface area (Å²) in [7, 11) is 3.98. The van der Waals surface area contributed by atoms with Crippen LogP contribution in [0.1, 0.15) is 47.2 Å². The van der Waals surface area contributed by atoms with E-state index in [1.54, 1.807) is 4.90 Å². The van der Waals surface area contributed by atoms with Crippen molar-refractivity contribution < 1.29 is 18.7 Å². The van der Waals surface area contributed by atoms with Gasteiger partial charge in [-0.15, -0.1) is 0 Å². The van der Waals surface area contributed by atoms with E-state index in [-0.39, 0.29) is 18.0 Å². The third kappa shape index (κ3) is 5.36. The molecule has 1 unspecified atom stereocenters. The molecule has 1 fully saturated rings. The Labute approximate surface area is 269 Å². The summed E-state index contributed by atoms with van der Waals surface area (Å²) in [5.74, 6) is 0.891.